The molecule has 1 unspecified atom stereocenters. The highest BCUT2D eigenvalue weighted by Crippen LogP contribution is 2.27. The smallest absolute Gasteiger partial charge is 0.0730 e. The molecule has 0 radical (unpaired) electrons. The van der Waals surface area contributed by atoms with E-state index < -0.39 is 0 Å². The Morgan fingerprint density at radius 3 is 2.92 bits per heavy atom. The van der Waals surface area contributed by atoms with Gasteiger partial charge in [0, 0.05) is 12.4 Å². The summed E-state index contributed by atoms with van der Waals surface area (Å²) >= 11 is 0. The van der Waals surface area contributed by atoms with E-state index in [1.165, 1.54) is 11.1 Å². The highest BCUT2D eigenvalue weighted by atomic mass is 16.3. The van der Waals surface area contributed by atoms with E-state index >= 15 is 0 Å². The lowest BCUT2D eigenvalue weighted by Gasteiger charge is -2.01. The molecule has 2 heteroatoms. The van der Waals surface area contributed by atoms with Crippen LogP contribution in [0.4, 0.5) is 0 Å². The van der Waals surface area contributed by atoms with E-state index in [0.29, 0.717) is 0 Å². The number of aromatic nitrogens is 1. The zero-order valence-electron chi connectivity index (χ0n) is 7.70. The number of allylic oxidation sites excluding steroid dienone is 1. The molecule has 0 saturated heterocycles. The Hall–Kier alpha value is -1.15. The predicted octanol–water partition coefficient (Wildman–Crippen LogP) is 1.93. The molecule has 0 spiro atoms. The van der Waals surface area contributed by atoms with Crippen molar-refractivity contribution in [3.05, 3.63) is 35.7 Å². The summed E-state index contributed by atoms with van der Waals surface area (Å²) in [6, 6.07) is 2.11. The molecule has 2 rings (SSSR count). The van der Waals surface area contributed by atoms with Gasteiger partial charge in [-0.3, -0.25) is 4.98 Å². The first-order chi connectivity index (χ1) is 6.25. The van der Waals surface area contributed by atoms with Crippen molar-refractivity contribution in [1.82, 2.24) is 4.98 Å². The summed E-state index contributed by atoms with van der Waals surface area (Å²) in [7, 11) is 0. The molecule has 68 valence electrons. The number of pyridine rings is 1. The third-order valence-corrected chi connectivity index (χ3v) is 2.35. The average Bonchev–Trinajstić information content (AvgIpc) is 2.52. The lowest BCUT2D eigenvalue weighted by Crippen LogP contribution is -1.93. The number of aliphatic hydroxyl groups excluding tert-OH is 1. The number of hydrogen-bond donors (Lipinski definition) is 1. The number of nitrogens with zero attached hydrogens (tertiary/aromatic N) is 1. The second kappa shape index (κ2) is 3.30. The molecule has 0 fully saturated rings. The first kappa shape index (κ1) is 8.45. The third-order valence-electron chi connectivity index (χ3n) is 2.35. The molecular formula is C11H13NO. The van der Waals surface area contributed by atoms with Crippen LogP contribution in [0, 0.1) is 6.92 Å². The average molecular weight is 175 g/mol. The summed E-state index contributed by atoms with van der Waals surface area (Å²) in [5.74, 6) is 0. The molecular weight excluding hydrogens is 162 g/mol. The summed E-state index contributed by atoms with van der Waals surface area (Å²) in [4.78, 5) is 4.13. The van der Waals surface area contributed by atoms with Gasteiger partial charge in [-0.05, 0) is 42.5 Å². The van der Waals surface area contributed by atoms with Crippen LogP contribution in [0.15, 0.2) is 24.5 Å². The number of aryl methyl sites for hydroxylation is 1. The molecule has 1 aromatic heterocycles. The lowest BCUT2D eigenvalue weighted by molar-refractivity contribution is 0.223. The topological polar surface area (TPSA) is 33.1 Å². The maximum atomic E-state index is 9.33. The Kier molecular flexibility index (Phi) is 2.15. The maximum Gasteiger partial charge on any atom is 0.0730 e. The van der Waals surface area contributed by atoms with Crippen molar-refractivity contribution in [2.75, 3.05) is 0 Å². The van der Waals surface area contributed by atoms with Crippen molar-refractivity contribution in [2.24, 2.45) is 0 Å². The Morgan fingerprint density at radius 2 is 2.31 bits per heavy atom. The van der Waals surface area contributed by atoms with Crippen molar-refractivity contribution < 1.29 is 5.11 Å². The largest absolute Gasteiger partial charge is 0.389 e. The van der Waals surface area contributed by atoms with Crippen LogP contribution in [-0.4, -0.2) is 16.2 Å². The molecule has 0 aromatic carbocycles. The van der Waals surface area contributed by atoms with Gasteiger partial charge in [-0.25, -0.2) is 0 Å². The third kappa shape index (κ3) is 1.78. The van der Waals surface area contributed by atoms with Gasteiger partial charge in [0.15, 0.2) is 0 Å². The fourth-order valence-corrected chi connectivity index (χ4v) is 1.67. The summed E-state index contributed by atoms with van der Waals surface area (Å²) in [6.07, 6.45) is 7.19. The van der Waals surface area contributed by atoms with E-state index in [1.54, 1.807) is 0 Å². The SMILES string of the molecule is Cc1cncc(C2=CC(O)CC2)c1. The monoisotopic (exact) mass is 175 g/mol. The minimum absolute atomic E-state index is 0.254. The van der Waals surface area contributed by atoms with Crippen molar-refractivity contribution in [2.45, 2.75) is 25.9 Å². The minimum Gasteiger partial charge on any atom is -0.389 e. The van der Waals surface area contributed by atoms with Crippen LogP contribution in [-0.2, 0) is 0 Å². The maximum absolute atomic E-state index is 9.33. The van der Waals surface area contributed by atoms with E-state index in [1.807, 2.05) is 25.4 Å². The van der Waals surface area contributed by atoms with Gasteiger partial charge < -0.3 is 5.11 Å². The van der Waals surface area contributed by atoms with Gasteiger partial charge in [0.2, 0.25) is 0 Å². The van der Waals surface area contributed by atoms with E-state index in [0.717, 1.165) is 18.4 Å². The molecule has 1 N–H and O–H groups in total. The first-order valence-electron chi connectivity index (χ1n) is 4.56. The van der Waals surface area contributed by atoms with Gasteiger partial charge >= 0.3 is 0 Å². The molecule has 13 heavy (non-hydrogen) atoms. The van der Waals surface area contributed by atoms with E-state index in [2.05, 4.69) is 11.1 Å². The Morgan fingerprint density at radius 1 is 1.46 bits per heavy atom. The van der Waals surface area contributed by atoms with Gasteiger partial charge in [-0.15, -0.1) is 0 Å². The summed E-state index contributed by atoms with van der Waals surface area (Å²) < 4.78 is 0. The highest BCUT2D eigenvalue weighted by Gasteiger charge is 2.14. The van der Waals surface area contributed by atoms with Gasteiger partial charge in [0.25, 0.3) is 0 Å². The molecule has 1 aliphatic rings. The Labute approximate surface area is 77.9 Å². The molecule has 1 aromatic rings. The minimum atomic E-state index is -0.254. The van der Waals surface area contributed by atoms with Crippen LogP contribution in [0.1, 0.15) is 24.0 Å². The Balaban J connectivity index is 2.31. The predicted molar refractivity (Wildman–Crippen MR) is 52.2 cm³/mol. The van der Waals surface area contributed by atoms with Crippen molar-refractivity contribution in [3.63, 3.8) is 0 Å². The van der Waals surface area contributed by atoms with Crippen LogP contribution in [0.3, 0.4) is 0 Å². The molecule has 1 aliphatic carbocycles. The van der Waals surface area contributed by atoms with Crippen LogP contribution < -0.4 is 0 Å². The van der Waals surface area contributed by atoms with E-state index in [4.69, 9.17) is 0 Å². The molecule has 0 bridgehead atoms. The fourth-order valence-electron chi connectivity index (χ4n) is 1.67. The Bertz CT molecular complexity index is 344. The normalized spacial score (nSPS) is 21.7. The highest BCUT2D eigenvalue weighted by molar-refractivity contribution is 5.67. The van der Waals surface area contributed by atoms with Gasteiger partial charge in [0.05, 0.1) is 6.10 Å². The number of rotatable bonds is 1. The molecule has 0 amide bonds. The summed E-state index contributed by atoms with van der Waals surface area (Å²) in [6.45, 7) is 2.03. The lowest BCUT2D eigenvalue weighted by atomic mass is 10.1. The molecule has 1 atom stereocenters. The number of aliphatic hydroxyl groups is 1. The van der Waals surface area contributed by atoms with Crippen LogP contribution in [0.25, 0.3) is 5.57 Å². The van der Waals surface area contributed by atoms with Gasteiger partial charge in [0.1, 0.15) is 0 Å². The van der Waals surface area contributed by atoms with Crippen LogP contribution >= 0.6 is 0 Å². The molecule has 1 heterocycles. The standard InChI is InChI=1S/C11H13NO/c1-8-4-10(7-12-6-8)9-2-3-11(13)5-9/h4-7,11,13H,2-3H2,1H3. The summed E-state index contributed by atoms with van der Waals surface area (Å²) in [5.41, 5.74) is 3.54. The molecule has 0 aliphatic heterocycles. The molecule has 2 nitrogen and oxygen atoms in total. The van der Waals surface area contributed by atoms with Crippen molar-refractivity contribution in [1.29, 1.82) is 0 Å². The second-order valence-electron chi connectivity index (χ2n) is 3.55. The second-order valence-corrected chi connectivity index (χ2v) is 3.55. The van der Waals surface area contributed by atoms with Gasteiger partial charge in [-0.1, -0.05) is 6.08 Å². The van der Waals surface area contributed by atoms with E-state index in [-0.39, 0.29) is 6.10 Å². The summed E-state index contributed by atoms with van der Waals surface area (Å²) in [5, 5.41) is 9.33. The van der Waals surface area contributed by atoms with E-state index in [9.17, 15) is 5.11 Å². The quantitative estimate of drug-likeness (QED) is 0.707. The van der Waals surface area contributed by atoms with Crippen molar-refractivity contribution in [3.8, 4) is 0 Å². The number of hydrogen-bond acceptors (Lipinski definition) is 2. The first-order valence-corrected chi connectivity index (χ1v) is 4.56. The zero-order chi connectivity index (χ0) is 9.26. The van der Waals surface area contributed by atoms with Crippen LogP contribution in [0.5, 0.6) is 0 Å². The van der Waals surface area contributed by atoms with Crippen molar-refractivity contribution >= 4 is 5.57 Å². The van der Waals surface area contributed by atoms with Crippen LogP contribution in [0.2, 0.25) is 0 Å². The fraction of sp³-hybridized carbons (Fsp3) is 0.364. The molecule has 0 saturated carbocycles. The van der Waals surface area contributed by atoms with Gasteiger partial charge in [-0.2, -0.15) is 0 Å². The zero-order valence-corrected chi connectivity index (χ0v) is 7.70.